The number of carbonyl (C=O) groups is 2. The molecule has 6 rings (SSSR count). The SMILES string of the molecule is O=C1C2=CC=CC3=CCC=C(C(=O)N1[C@@H]1CN4CCC1CC4)C32. The number of rotatable bonds is 1. The molecule has 0 N–H and O–H groups in total. The van der Waals surface area contributed by atoms with Gasteiger partial charge in [0.25, 0.3) is 11.8 Å². The molecular weight excluding hydrogens is 288 g/mol. The molecule has 2 amide bonds. The molecule has 0 saturated carbocycles. The summed E-state index contributed by atoms with van der Waals surface area (Å²) in [6.07, 6.45) is 13.0. The van der Waals surface area contributed by atoms with Gasteiger partial charge in [-0.1, -0.05) is 30.4 Å². The number of likely N-dealkylation sites (tertiary alicyclic amines) is 1. The van der Waals surface area contributed by atoms with Gasteiger partial charge in [-0.3, -0.25) is 14.5 Å². The number of amides is 2. The highest BCUT2D eigenvalue weighted by Crippen LogP contribution is 2.43. The zero-order valence-corrected chi connectivity index (χ0v) is 13.1. The lowest BCUT2D eigenvalue weighted by Gasteiger charge is -2.50. The second kappa shape index (κ2) is 4.78. The molecule has 4 aliphatic heterocycles. The van der Waals surface area contributed by atoms with Crippen molar-refractivity contribution in [2.24, 2.45) is 11.8 Å². The molecule has 4 heteroatoms. The smallest absolute Gasteiger partial charge is 0.257 e. The lowest BCUT2D eigenvalue weighted by Crippen LogP contribution is -2.62. The Balaban J connectivity index is 1.57. The number of nitrogens with zero attached hydrogens (tertiary/aromatic N) is 2. The Morgan fingerprint density at radius 1 is 1.00 bits per heavy atom. The van der Waals surface area contributed by atoms with Crippen LogP contribution in [0.4, 0.5) is 0 Å². The van der Waals surface area contributed by atoms with Gasteiger partial charge in [-0.25, -0.2) is 0 Å². The van der Waals surface area contributed by atoms with Crippen LogP contribution in [0.1, 0.15) is 19.3 Å². The van der Waals surface area contributed by atoms with E-state index in [1.807, 2.05) is 24.3 Å². The molecule has 2 bridgehead atoms. The van der Waals surface area contributed by atoms with Crippen LogP contribution in [0, 0.1) is 11.8 Å². The summed E-state index contributed by atoms with van der Waals surface area (Å²) in [5.41, 5.74) is 2.70. The highest BCUT2D eigenvalue weighted by Gasteiger charge is 2.49. The van der Waals surface area contributed by atoms with Crippen LogP contribution in [0.25, 0.3) is 0 Å². The Morgan fingerprint density at radius 3 is 2.52 bits per heavy atom. The van der Waals surface area contributed by atoms with Crippen molar-refractivity contribution in [3.63, 3.8) is 0 Å². The van der Waals surface area contributed by atoms with Crippen molar-refractivity contribution >= 4 is 11.8 Å². The third-order valence-corrected chi connectivity index (χ3v) is 6.10. The molecule has 6 aliphatic rings. The zero-order chi connectivity index (χ0) is 15.6. The predicted molar refractivity (Wildman–Crippen MR) is 86.3 cm³/mol. The Labute approximate surface area is 135 Å². The van der Waals surface area contributed by atoms with E-state index in [4.69, 9.17) is 0 Å². The number of hydrogen-bond acceptors (Lipinski definition) is 3. The predicted octanol–water partition coefficient (Wildman–Crippen LogP) is 1.82. The summed E-state index contributed by atoms with van der Waals surface area (Å²) in [6.45, 7) is 3.08. The lowest BCUT2D eigenvalue weighted by atomic mass is 9.73. The van der Waals surface area contributed by atoms with Crippen molar-refractivity contribution in [3.8, 4) is 0 Å². The molecule has 4 fully saturated rings. The zero-order valence-electron chi connectivity index (χ0n) is 13.1. The van der Waals surface area contributed by atoms with Crippen molar-refractivity contribution in [2.75, 3.05) is 19.6 Å². The van der Waals surface area contributed by atoms with Gasteiger partial charge in [-0.15, -0.1) is 0 Å². The fourth-order valence-electron chi connectivity index (χ4n) is 4.91. The Hall–Kier alpha value is -1.94. The van der Waals surface area contributed by atoms with Gasteiger partial charge in [-0.2, -0.15) is 0 Å². The van der Waals surface area contributed by atoms with E-state index >= 15 is 0 Å². The van der Waals surface area contributed by atoms with Gasteiger partial charge in [0.1, 0.15) is 0 Å². The highest BCUT2D eigenvalue weighted by atomic mass is 16.2. The second-order valence-electron chi connectivity index (χ2n) is 7.20. The van der Waals surface area contributed by atoms with Gasteiger partial charge in [0.05, 0.1) is 6.04 Å². The molecule has 4 nitrogen and oxygen atoms in total. The first kappa shape index (κ1) is 13.5. The first-order valence-electron chi connectivity index (χ1n) is 8.62. The summed E-state index contributed by atoms with van der Waals surface area (Å²) in [7, 11) is 0. The normalized spacial score (nSPS) is 38.1. The van der Waals surface area contributed by atoms with E-state index < -0.39 is 0 Å². The van der Waals surface area contributed by atoms with Crippen LogP contribution in [0.3, 0.4) is 0 Å². The second-order valence-corrected chi connectivity index (χ2v) is 7.20. The highest BCUT2D eigenvalue weighted by molar-refractivity contribution is 6.16. The van der Waals surface area contributed by atoms with Gasteiger partial charge < -0.3 is 4.90 Å². The molecule has 0 aromatic carbocycles. The van der Waals surface area contributed by atoms with Crippen molar-refractivity contribution in [1.29, 1.82) is 0 Å². The first-order chi connectivity index (χ1) is 11.2. The number of fused-ring (bicyclic) bond motifs is 3. The van der Waals surface area contributed by atoms with Crippen LogP contribution < -0.4 is 0 Å². The summed E-state index contributed by atoms with van der Waals surface area (Å²) < 4.78 is 0. The van der Waals surface area contributed by atoms with Crippen LogP contribution in [0.5, 0.6) is 0 Å². The quantitative estimate of drug-likeness (QED) is 0.694. The fourth-order valence-corrected chi connectivity index (χ4v) is 4.91. The van der Waals surface area contributed by atoms with Gasteiger partial charge in [0.15, 0.2) is 0 Å². The maximum atomic E-state index is 13.1. The van der Waals surface area contributed by atoms with Crippen molar-refractivity contribution < 1.29 is 9.59 Å². The van der Waals surface area contributed by atoms with Crippen molar-refractivity contribution in [3.05, 3.63) is 47.1 Å². The third kappa shape index (κ3) is 1.81. The minimum Gasteiger partial charge on any atom is -0.301 e. The monoisotopic (exact) mass is 308 g/mol. The molecule has 23 heavy (non-hydrogen) atoms. The van der Waals surface area contributed by atoms with Gasteiger partial charge in [0.2, 0.25) is 0 Å². The number of carbonyl (C=O) groups excluding carboxylic acids is 2. The van der Waals surface area contributed by atoms with E-state index in [1.165, 1.54) is 0 Å². The van der Waals surface area contributed by atoms with E-state index in [0.29, 0.717) is 5.92 Å². The third-order valence-electron chi connectivity index (χ3n) is 6.10. The molecule has 2 atom stereocenters. The fraction of sp³-hybridized carbons (Fsp3) is 0.474. The standard InChI is InChI=1S/C19H20N2O2/c22-18-14-5-1-3-13-4-2-6-15(17(13)14)19(23)21(18)16-11-20-9-7-12(16)8-10-20/h1,3-6,12,16-17H,2,7-11H2/t16-,17?/m1/s1. The molecule has 2 aliphatic carbocycles. The average molecular weight is 308 g/mol. The topological polar surface area (TPSA) is 40.6 Å². The molecular formula is C19H20N2O2. The minimum atomic E-state index is -0.119. The summed E-state index contributed by atoms with van der Waals surface area (Å²) in [5.74, 6) is 0.249. The molecule has 0 aromatic heterocycles. The number of hydrogen-bond donors (Lipinski definition) is 0. The molecule has 118 valence electrons. The number of piperidine rings is 4. The van der Waals surface area contributed by atoms with E-state index in [2.05, 4.69) is 11.0 Å². The van der Waals surface area contributed by atoms with E-state index in [-0.39, 0.29) is 23.8 Å². The molecule has 4 heterocycles. The number of allylic oxidation sites excluding steroid dienone is 6. The molecule has 0 spiro atoms. The maximum absolute atomic E-state index is 13.1. The molecule has 0 radical (unpaired) electrons. The summed E-state index contributed by atoms with van der Waals surface area (Å²) in [6, 6.07) is 0.0560. The Morgan fingerprint density at radius 2 is 1.78 bits per heavy atom. The van der Waals surface area contributed by atoms with Gasteiger partial charge in [-0.05, 0) is 43.8 Å². The van der Waals surface area contributed by atoms with Crippen LogP contribution in [-0.2, 0) is 9.59 Å². The summed E-state index contributed by atoms with van der Waals surface area (Å²) in [5, 5.41) is 0. The van der Waals surface area contributed by atoms with Crippen LogP contribution >= 0.6 is 0 Å². The van der Waals surface area contributed by atoms with Gasteiger partial charge in [0, 0.05) is 23.6 Å². The van der Waals surface area contributed by atoms with E-state index in [1.54, 1.807) is 4.90 Å². The van der Waals surface area contributed by atoms with Crippen molar-refractivity contribution in [2.45, 2.75) is 25.3 Å². The minimum absolute atomic E-state index is 0.0446. The Bertz CT molecular complexity index is 720. The van der Waals surface area contributed by atoms with E-state index in [0.717, 1.165) is 55.6 Å². The largest absolute Gasteiger partial charge is 0.301 e. The molecule has 4 saturated heterocycles. The van der Waals surface area contributed by atoms with Gasteiger partial charge >= 0.3 is 0 Å². The van der Waals surface area contributed by atoms with Crippen LogP contribution in [0.2, 0.25) is 0 Å². The number of imide groups is 1. The van der Waals surface area contributed by atoms with Crippen molar-refractivity contribution in [1.82, 2.24) is 9.80 Å². The lowest BCUT2D eigenvalue weighted by molar-refractivity contribution is -0.149. The molecule has 0 aromatic rings. The first-order valence-corrected chi connectivity index (χ1v) is 8.62. The average Bonchev–Trinajstić information content (AvgIpc) is 2.61. The summed E-state index contributed by atoms with van der Waals surface area (Å²) >= 11 is 0. The van der Waals surface area contributed by atoms with E-state index in [9.17, 15) is 9.59 Å². The van der Waals surface area contributed by atoms with Crippen LogP contribution in [0.15, 0.2) is 47.1 Å². The summed E-state index contributed by atoms with van der Waals surface area (Å²) in [4.78, 5) is 30.2. The Kier molecular flexibility index (Phi) is 2.80. The molecule has 1 unspecified atom stereocenters. The maximum Gasteiger partial charge on any atom is 0.257 e. The van der Waals surface area contributed by atoms with Crippen LogP contribution in [-0.4, -0.2) is 47.3 Å².